The number of likely N-dealkylation sites (tertiary alicyclic amines) is 1. The highest BCUT2D eigenvalue weighted by molar-refractivity contribution is 6.30. The van der Waals surface area contributed by atoms with Crippen LogP contribution in [-0.4, -0.2) is 53.3 Å². The zero-order valence-electron chi connectivity index (χ0n) is 16.2. The van der Waals surface area contributed by atoms with E-state index in [2.05, 4.69) is 4.98 Å². The Labute approximate surface area is 171 Å². The average molecular weight is 400 g/mol. The predicted molar refractivity (Wildman–Crippen MR) is 110 cm³/mol. The number of amides is 2. The fourth-order valence-electron chi connectivity index (χ4n) is 3.53. The normalized spacial score (nSPS) is 14.7. The number of hydrogen-bond donors (Lipinski definition) is 0. The largest absolute Gasteiger partial charge is 0.345 e. The Hall–Kier alpha value is -2.40. The van der Waals surface area contributed by atoms with Crippen molar-refractivity contribution in [2.24, 2.45) is 5.92 Å². The Kier molecular flexibility index (Phi) is 7.04. The zero-order valence-corrected chi connectivity index (χ0v) is 16.9. The van der Waals surface area contributed by atoms with Crippen LogP contribution < -0.4 is 0 Å². The number of likely N-dealkylation sites (N-methyl/N-ethyl adjacent to an activating group) is 1. The van der Waals surface area contributed by atoms with Gasteiger partial charge in [0.1, 0.15) is 0 Å². The monoisotopic (exact) mass is 399 g/mol. The number of piperidine rings is 1. The Morgan fingerprint density at radius 1 is 1.07 bits per heavy atom. The van der Waals surface area contributed by atoms with Crippen molar-refractivity contribution in [2.75, 3.05) is 26.7 Å². The quantitative estimate of drug-likeness (QED) is 0.749. The molecule has 5 nitrogen and oxygen atoms in total. The lowest BCUT2D eigenvalue weighted by Crippen LogP contribution is -2.44. The van der Waals surface area contributed by atoms with Crippen molar-refractivity contribution in [3.63, 3.8) is 0 Å². The van der Waals surface area contributed by atoms with Gasteiger partial charge in [0.05, 0.1) is 6.42 Å². The Morgan fingerprint density at radius 3 is 2.36 bits per heavy atom. The fourth-order valence-corrected chi connectivity index (χ4v) is 3.66. The number of rotatable bonds is 6. The summed E-state index contributed by atoms with van der Waals surface area (Å²) in [6.07, 6.45) is 6.20. The zero-order chi connectivity index (χ0) is 19.9. The van der Waals surface area contributed by atoms with Crippen LogP contribution in [0.25, 0.3) is 0 Å². The van der Waals surface area contributed by atoms with Gasteiger partial charge in [0, 0.05) is 50.0 Å². The summed E-state index contributed by atoms with van der Waals surface area (Å²) < 4.78 is 0. The molecule has 2 heterocycles. The molecule has 148 valence electrons. The molecular formula is C22H26ClN3O2. The van der Waals surface area contributed by atoms with Gasteiger partial charge in [-0.25, -0.2) is 0 Å². The van der Waals surface area contributed by atoms with Crippen molar-refractivity contribution < 1.29 is 9.59 Å². The van der Waals surface area contributed by atoms with Crippen LogP contribution in [0.4, 0.5) is 0 Å². The van der Waals surface area contributed by atoms with Gasteiger partial charge in [0.15, 0.2) is 0 Å². The van der Waals surface area contributed by atoms with Gasteiger partial charge in [-0.15, -0.1) is 0 Å². The van der Waals surface area contributed by atoms with Crippen molar-refractivity contribution >= 4 is 23.4 Å². The van der Waals surface area contributed by atoms with E-state index < -0.39 is 0 Å². The molecule has 1 fully saturated rings. The minimum atomic E-state index is 0.00187. The number of nitrogens with zero attached hydrogens (tertiary/aromatic N) is 3. The Morgan fingerprint density at radius 2 is 1.71 bits per heavy atom. The highest BCUT2D eigenvalue weighted by atomic mass is 35.5. The number of carbonyl (C=O) groups is 2. The molecule has 0 aliphatic carbocycles. The van der Waals surface area contributed by atoms with E-state index in [1.165, 1.54) is 5.56 Å². The van der Waals surface area contributed by atoms with Gasteiger partial charge < -0.3 is 9.80 Å². The van der Waals surface area contributed by atoms with Gasteiger partial charge >= 0.3 is 0 Å². The maximum absolute atomic E-state index is 12.7. The van der Waals surface area contributed by atoms with Gasteiger partial charge in [-0.1, -0.05) is 23.7 Å². The first-order valence-corrected chi connectivity index (χ1v) is 10.1. The second-order valence-corrected chi connectivity index (χ2v) is 7.76. The summed E-state index contributed by atoms with van der Waals surface area (Å²) in [7, 11) is 1.86. The maximum Gasteiger partial charge on any atom is 0.226 e. The third kappa shape index (κ3) is 5.55. The van der Waals surface area contributed by atoms with Crippen LogP contribution in [0, 0.1) is 5.92 Å². The number of aromatic nitrogens is 1. The smallest absolute Gasteiger partial charge is 0.226 e. The number of carbonyl (C=O) groups excluding carboxylic acids is 2. The third-order valence-corrected chi connectivity index (χ3v) is 5.58. The van der Waals surface area contributed by atoms with Crippen molar-refractivity contribution in [2.45, 2.75) is 25.7 Å². The molecule has 0 saturated carbocycles. The Bertz CT molecular complexity index is 787. The highest BCUT2D eigenvalue weighted by Crippen LogP contribution is 2.20. The Balaban J connectivity index is 1.44. The summed E-state index contributed by atoms with van der Waals surface area (Å²) in [5, 5.41) is 0.670. The molecule has 6 heteroatoms. The van der Waals surface area contributed by atoms with E-state index in [1.807, 2.05) is 41.1 Å². The van der Waals surface area contributed by atoms with E-state index in [0.717, 1.165) is 24.8 Å². The molecule has 2 amide bonds. The molecule has 1 aliphatic heterocycles. The molecule has 3 rings (SSSR count). The van der Waals surface area contributed by atoms with E-state index in [0.29, 0.717) is 31.1 Å². The van der Waals surface area contributed by atoms with Crippen LogP contribution in [0.15, 0.2) is 48.8 Å². The second-order valence-electron chi connectivity index (χ2n) is 7.32. The van der Waals surface area contributed by atoms with Crippen molar-refractivity contribution in [3.8, 4) is 0 Å². The number of hydrogen-bond acceptors (Lipinski definition) is 3. The van der Waals surface area contributed by atoms with Crippen molar-refractivity contribution in [1.82, 2.24) is 14.8 Å². The second kappa shape index (κ2) is 9.69. The lowest BCUT2D eigenvalue weighted by atomic mass is 9.94. The van der Waals surface area contributed by atoms with Gasteiger partial charge in [0.2, 0.25) is 11.8 Å². The molecule has 1 aliphatic rings. The van der Waals surface area contributed by atoms with Crippen LogP contribution in [0.3, 0.4) is 0 Å². The standard InChI is InChI=1S/C22H26ClN3O2/c1-25(13-8-17-6-11-24-12-7-17)22(28)19-9-14-26(15-10-19)21(27)16-18-2-4-20(23)5-3-18/h2-7,11-12,19H,8-10,13-16H2,1H3. The van der Waals surface area contributed by atoms with Crippen molar-refractivity contribution in [3.05, 3.63) is 64.9 Å². The van der Waals surface area contributed by atoms with Gasteiger partial charge in [-0.2, -0.15) is 0 Å². The molecule has 28 heavy (non-hydrogen) atoms. The number of halogens is 1. The molecule has 0 atom stereocenters. The van der Waals surface area contributed by atoms with E-state index in [1.54, 1.807) is 24.5 Å². The fraction of sp³-hybridized carbons (Fsp3) is 0.409. The lowest BCUT2D eigenvalue weighted by molar-refractivity contribution is -0.139. The van der Waals surface area contributed by atoms with E-state index in [-0.39, 0.29) is 17.7 Å². The maximum atomic E-state index is 12.7. The lowest BCUT2D eigenvalue weighted by Gasteiger charge is -2.33. The minimum Gasteiger partial charge on any atom is -0.345 e. The molecular weight excluding hydrogens is 374 g/mol. The van der Waals surface area contributed by atoms with Gasteiger partial charge in [-0.3, -0.25) is 14.6 Å². The van der Waals surface area contributed by atoms with Crippen molar-refractivity contribution in [1.29, 1.82) is 0 Å². The summed E-state index contributed by atoms with van der Waals surface area (Å²) in [6, 6.07) is 11.3. The predicted octanol–water partition coefficient (Wildman–Crippen LogP) is 3.22. The molecule has 2 aromatic rings. The summed E-state index contributed by atoms with van der Waals surface area (Å²) in [4.78, 5) is 32.9. The van der Waals surface area contributed by atoms with Gasteiger partial charge in [-0.05, 0) is 54.7 Å². The van der Waals surface area contributed by atoms with Crippen LogP contribution in [0.2, 0.25) is 5.02 Å². The summed E-state index contributed by atoms with van der Waals surface area (Å²) >= 11 is 5.89. The molecule has 0 radical (unpaired) electrons. The van der Waals surface area contributed by atoms with Crippen LogP contribution in [0.5, 0.6) is 0 Å². The molecule has 1 aromatic carbocycles. The topological polar surface area (TPSA) is 53.5 Å². The van der Waals surface area contributed by atoms with Gasteiger partial charge in [0.25, 0.3) is 0 Å². The van der Waals surface area contributed by atoms with Crippen LogP contribution in [0.1, 0.15) is 24.0 Å². The summed E-state index contributed by atoms with van der Waals surface area (Å²) in [6.45, 7) is 1.97. The molecule has 1 saturated heterocycles. The first kappa shape index (κ1) is 20.3. The average Bonchev–Trinajstić information content (AvgIpc) is 2.74. The molecule has 0 N–H and O–H groups in total. The number of benzene rings is 1. The molecule has 0 bridgehead atoms. The van der Waals surface area contributed by atoms with Crippen LogP contribution in [-0.2, 0) is 22.4 Å². The van der Waals surface area contributed by atoms with E-state index in [9.17, 15) is 9.59 Å². The highest BCUT2D eigenvalue weighted by Gasteiger charge is 2.28. The van der Waals surface area contributed by atoms with Crippen LogP contribution >= 0.6 is 11.6 Å². The summed E-state index contributed by atoms with van der Waals surface area (Å²) in [5.41, 5.74) is 2.14. The summed E-state index contributed by atoms with van der Waals surface area (Å²) in [5.74, 6) is 0.292. The molecule has 1 aromatic heterocycles. The first-order chi connectivity index (χ1) is 13.5. The first-order valence-electron chi connectivity index (χ1n) is 9.69. The third-order valence-electron chi connectivity index (χ3n) is 5.33. The minimum absolute atomic E-state index is 0.00187. The number of pyridine rings is 1. The van der Waals surface area contributed by atoms with E-state index in [4.69, 9.17) is 11.6 Å². The van der Waals surface area contributed by atoms with E-state index >= 15 is 0 Å². The molecule has 0 spiro atoms. The molecule has 0 unspecified atom stereocenters. The SMILES string of the molecule is CN(CCc1ccncc1)C(=O)C1CCN(C(=O)Cc2ccc(Cl)cc2)CC1.